The van der Waals surface area contributed by atoms with E-state index in [9.17, 15) is 22.8 Å². The molecule has 12 heteroatoms. The lowest BCUT2D eigenvalue weighted by Gasteiger charge is -2.34. The van der Waals surface area contributed by atoms with Gasteiger partial charge in [-0.3, -0.25) is 9.69 Å². The Balaban J connectivity index is 1.32. The summed E-state index contributed by atoms with van der Waals surface area (Å²) in [5.74, 6) is -2.68. The number of halogens is 3. The van der Waals surface area contributed by atoms with Crippen LogP contribution in [0.3, 0.4) is 0 Å². The molecular weight excluding hydrogens is 565 g/mol. The topological polar surface area (TPSA) is 99.2 Å². The number of amides is 1. The quantitative estimate of drug-likeness (QED) is 0.230. The molecule has 1 aliphatic heterocycles. The molecule has 6 rings (SSSR count). The van der Waals surface area contributed by atoms with Crippen molar-refractivity contribution < 1.29 is 36.7 Å². The number of rotatable bonds is 7. The second-order valence-corrected chi connectivity index (χ2v) is 10.9. The Bertz CT molecular complexity index is 1570. The van der Waals surface area contributed by atoms with Gasteiger partial charge in [-0.2, -0.15) is 18.3 Å². The highest BCUT2D eigenvalue weighted by atomic mass is 19.4. The predicted octanol–water partition coefficient (Wildman–Crippen LogP) is 6.32. The van der Waals surface area contributed by atoms with E-state index in [0.717, 1.165) is 11.3 Å². The molecule has 1 unspecified atom stereocenters. The van der Waals surface area contributed by atoms with Crippen LogP contribution in [0, 0.1) is 11.8 Å². The van der Waals surface area contributed by atoms with Crippen molar-refractivity contribution in [3.63, 3.8) is 0 Å². The molecule has 3 aromatic heterocycles. The van der Waals surface area contributed by atoms with Crippen molar-refractivity contribution in [2.24, 2.45) is 11.8 Å². The first-order chi connectivity index (χ1) is 20.7. The van der Waals surface area contributed by atoms with Crippen molar-refractivity contribution in [2.75, 3.05) is 24.7 Å². The fourth-order valence-electron chi connectivity index (χ4n) is 5.87. The number of nitrogens with zero attached hydrogens (tertiary/aromatic N) is 4. The average Bonchev–Trinajstić information content (AvgIpc) is 3.78. The van der Waals surface area contributed by atoms with Gasteiger partial charge in [0.1, 0.15) is 11.3 Å². The first-order valence-corrected chi connectivity index (χ1v) is 14.4. The monoisotopic (exact) mass is 596 g/mol. The first kappa shape index (κ1) is 28.9. The zero-order chi connectivity index (χ0) is 30.1. The minimum Gasteiger partial charge on any atom is -0.462 e. The second-order valence-electron chi connectivity index (χ2n) is 10.9. The largest absolute Gasteiger partial charge is 0.462 e. The Morgan fingerprint density at radius 3 is 2.47 bits per heavy atom. The van der Waals surface area contributed by atoms with Gasteiger partial charge in [-0.15, -0.1) is 0 Å². The molecule has 2 fully saturated rings. The zero-order valence-corrected chi connectivity index (χ0v) is 23.5. The Labute approximate surface area is 245 Å². The molecule has 0 N–H and O–H groups in total. The molecule has 9 nitrogen and oxygen atoms in total. The fraction of sp³-hybridized carbons (Fsp3) is 0.419. The Morgan fingerprint density at radius 2 is 1.81 bits per heavy atom. The zero-order valence-electron chi connectivity index (χ0n) is 23.5. The highest BCUT2D eigenvalue weighted by molar-refractivity contribution is 6.03. The molecule has 1 aliphatic carbocycles. The van der Waals surface area contributed by atoms with Crippen LogP contribution < -0.4 is 4.90 Å². The van der Waals surface area contributed by atoms with Crippen LogP contribution in [0.4, 0.5) is 19.1 Å². The normalized spacial score (nSPS) is 20.8. The van der Waals surface area contributed by atoms with Crippen LogP contribution in [0.25, 0.3) is 28.2 Å². The van der Waals surface area contributed by atoms with E-state index >= 15 is 0 Å². The molecule has 0 spiro atoms. The summed E-state index contributed by atoms with van der Waals surface area (Å²) in [6.07, 6.45) is -0.285. The smallest absolute Gasteiger partial charge is 0.391 e. The molecule has 226 valence electrons. The minimum atomic E-state index is -4.28. The number of carbonyl (C=O) groups excluding carboxylic acids is 2. The van der Waals surface area contributed by atoms with E-state index in [1.807, 2.05) is 36.5 Å². The van der Waals surface area contributed by atoms with Crippen molar-refractivity contribution in [1.29, 1.82) is 0 Å². The lowest BCUT2D eigenvalue weighted by Crippen LogP contribution is -2.46. The highest BCUT2D eigenvalue weighted by Gasteiger charge is 2.45. The van der Waals surface area contributed by atoms with Crippen molar-refractivity contribution in [2.45, 2.75) is 51.2 Å². The predicted molar refractivity (Wildman–Crippen MR) is 150 cm³/mol. The number of benzene rings is 1. The van der Waals surface area contributed by atoms with Crippen LogP contribution in [-0.4, -0.2) is 58.5 Å². The van der Waals surface area contributed by atoms with Crippen LogP contribution in [0.1, 0.15) is 49.4 Å². The molecular formula is C31H31F3N4O5. The molecule has 1 atom stereocenters. The molecule has 4 aromatic rings. The number of esters is 1. The van der Waals surface area contributed by atoms with E-state index in [4.69, 9.17) is 13.9 Å². The average molecular weight is 597 g/mol. The van der Waals surface area contributed by atoms with Crippen molar-refractivity contribution in [3.05, 3.63) is 60.4 Å². The van der Waals surface area contributed by atoms with Gasteiger partial charge in [-0.05, 0) is 45.1 Å². The van der Waals surface area contributed by atoms with Crippen LogP contribution in [0.2, 0.25) is 0 Å². The van der Waals surface area contributed by atoms with Gasteiger partial charge in [0.05, 0.1) is 30.9 Å². The number of alkyl halides is 3. The summed E-state index contributed by atoms with van der Waals surface area (Å²) in [4.78, 5) is 32.8. The van der Waals surface area contributed by atoms with Gasteiger partial charge in [0.15, 0.2) is 5.65 Å². The van der Waals surface area contributed by atoms with Gasteiger partial charge in [0, 0.05) is 48.2 Å². The van der Waals surface area contributed by atoms with E-state index in [-0.39, 0.29) is 56.3 Å². The summed E-state index contributed by atoms with van der Waals surface area (Å²) in [6.45, 7) is 2.43. The van der Waals surface area contributed by atoms with Gasteiger partial charge in [-0.25, -0.2) is 14.3 Å². The molecule has 43 heavy (non-hydrogen) atoms. The van der Waals surface area contributed by atoms with E-state index in [0.29, 0.717) is 30.0 Å². The molecule has 2 aliphatic rings. The number of carbonyl (C=O) groups is 2. The van der Waals surface area contributed by atoms with E-state index in [1.165, 1.54) is 4.90 Å². The van der Waals surface area contributed by atoms with Gasteiger partial charge in [0.2, 0.25) is 11.8 Å². The molecule has 4 heterocycles. The van der Waals surface area contributed by atoms with E-state index in [2.05, 4.69) is 10.1 Å². The molecule has 1 amide bonds. The van der Waals surface area contributed by atoms with Crippen LogP contribution in [0.15, 0.2) is 59.3 Å². The molecule has 0 bridgehead atoms. The minimum absolute atomic E-state index is 0.0300. The molecule has 1 saturated heterocycles. The number of hydrogen-bond donors (Lipinski definition) is 0. The van der Waals surface area contributed by atoms with Crippen molar-refractivity contribution >= 4 is 23.4 Å². The van der Waals surface area contributed by atoms with Gasteiger partial charge in [0.25, 0.3) is 0 Å². The maximum Gasteiger partial charge on any atom is 0.391 e. The SMILES string of the molecule is CCOC(=O)c1cc(-c2ccc(-c3cc4ncccn4n3)cc2)oc1N(C(=O)[C@H]1CC[C@H](C(F)(F)F)CC1)C1CCOC1. The van der Waals surface area contributed by atoms with Crippen molar-refractivity contribution in [3.8, 4) is 22.6 Å². The number of hydrogen-bond acceptors (Lipinski definition) is 7. The van der Waals surface area contributed by atoms with Crippen LogP contribution in [0.5, 0.6) is 0 Å². The molecule has 1 aromatic carbocycles. The third-order valence-electron chi connectivity index (χ3n) is 8.18. The lowest BCUT2D eigenvalue weighted by molar-refractivity contribution is -0.184. The summed E-state index contributed by atoms with van der Waals surface area (Å²) in [6, 6.07) is 12.2. The number of aromatic nitrogens is 3. The van der Waals surface area contributed by atoms with Gasteiger partial charge < -0.3 is 13.9 Å². The second kappa shape index (κ2) is 11.8. The maximum atomic E-state index is 14.0. The summed E-state index contributed by atoms with van der Waals surface area (Å²) in [5, 5.41) is 4.55. The van der Waals surface area contributed by atoms with Crippen LogP contribution >= 0.6 is 0 Å². The standard InChI is InChI=1S/C31H31F3N4O5/c1-2-42-30(40)24-16-26(20-6-4-19(5-7-20)25-17-27-35-13-3-14-37(27)36-25)43-29(24)38(23-12-15-41-18-23)28(39)21-8-10-22(11-9-21)31(32,33)34/h3-7,13-14,16-17,21-23H,2,8-12,15,18H2,1H3/t21-,22-,23?. The first-order valence-electron chi connectivity index (χ1n) is 14.4. The molecule has 1 saturated carbocycles. The Hall–Kier alpha value is -4.19. The van der Waals surface area contributed by atoms with Gasteiger partial charge in [-0.1, -0.05) is 24.3 Å². The van der Waals surface area contributed by atoms with E-state index in [1.54, 1.807) is 29.8 Å². The number of fused-ring (bicyclic) bond motifs is 1. The summed E-state index contributed by atoms with van der Waals surface area (Å²) < 4.78 is 58.7. The summed E-state index contributed by atoms with van der Waals surface area (Å²) in [5.41, 5.74) is 3.03. The van der Waals surface area contributed by atoms with Crippen LogP contribution in [-0.2, 0) is 14.3 Å². The number of ether oxygens (including phenoxy) is 2. The van der Waals surface area contributed by atoms with Crippen molar-refractivity contribution in [1.82, 2.24) is 14.6 Å². The third kappa shape index (κ3) is 5.88. The summed E-state index contributed by atoms with van der Waals surface area (Å²) >= 11 is 0. The highest BCUT2D eigenvalue weighted by Crippen LogP contribution is 2.42. The Morgan fingerprint density at radius 1 is 1.07 bits per heavy atom. The van der Waals surface area contributed by atoms with Gasteiger partial charge >= 0.3 is 12.1 Å². The van der Waals surface area contributed by atoms with E-state index < -0.39 is 30.0 Å². The number of anilines is 1. The lowest BCUT2D eigenvalue weighted by atomic mass is 9.81. The third-order valence-corrected chi connectivity index (χ3v) is 8.18. The Kier molecular flexibility index (Phi) is 7.95. The summed E-state index contributed by atoms with van der Waals surface area (Å²) in [7, 11) is 0. The maximum absolute atomic E-state index is 14.0. The molecule has 0 radical (unpaired) electrons. The number of furan rings is 1. The fourth-order valence-corrected chi connectivity index (χ4v) is 5.87.